The smallest absolute Gasteiger partial charge is 0.305 e. The van der Waals surface area contributed by atoms with Crippen LogP contribution < -0.4 is 5.32 Å². The molecule has 0 radical (unpaired) electrons. The Kier molecular flexibility index (Phi) is 9.69. The molecule has 4 N–H and O–H groups in total. The van der Waals surface area contributed by atoms with Gasteiger partial charge in [-0.3, -0.25) is 9.59 Å². The average Bonchev–Trinajstić information content (AvgIpc) is 3.55. The lowest BCUT2D eigenvalue weighted by atomic mass is 9.96. The van der Waals surface area contributed by atoms with Crippen molar-refractivity contribution >= 4 is 28.9 Å². The molecule has 2 aromatic carbocycles. The van der Waals surface area contributed by atoms with E-state index in [0.29, 0.717) is 33.8 Å². The van der Waals surface area contributed by atoms with E-state index < -0.39 is 36.2 Å². The molecule has 216 valence electrons. The van der Waals surface area contributed by atoms with Gasteiger partial charge in [0.05, 0.1) is 29.9 Å². The van der Waals surface area contributed by atoms with Crippen LogP contribution in [0.5, 0.6) is 0 Å². The van der Waals surface area contributed by atoms with E-state index in [1.165, 1.54) is 17.4 Å². The predicted molar refractivity (Wildman–Crippen MR) is 155 cm³/mol. The van der Waals surface area contributed by atoms with Crippen molar-refractivity contribution in [2.75, 3.05) is 5.32 Å². The highest BCUT2D eigenvalue weighted by atomic mass is 32.1. The Morgan fingerprint density at radius 3 is 2.32 bits per heavy atom. The van der Waals surface area contributed by atoms with E-state index in [1.54, 1.807) is 24.3 Å². The Morgan fingerprint density at radius 1 is 0.976 bits per heavy atom. The van der Waals surface area contributed by atoms with Crippen molar-refractivity contribution < 1.29 is 33.7 Å². The van der Waals surface area contributed by atoms with E-state index in [-0.39, 0.29) is 31.2 Å². The molecule has 0 aliphatic carbocycles. The number of nitrogens with zero attached hydrogens (tertiary/aromatic N) is 1. The second-order valence-corrected chi connectivity index (χ2v) is 11.0. The van der Waals surface area contributed by atoms with Gasteiger partial charge >= 0.3 is 5.97 Å². The van der Waals surface area contributed by atoms with Crippen LogP contribution in [0.25, 0.3) is 22.4 Å². The van der Waals surface area contributed by atoms with Crippen LogP contribution in [0.15, 0.2) is 65.4 Å². The molecule has 0 aliphatic rings. The number of hydrogen-bond donors (Lipinski definition) is 4. The standard InChI is InChI=1S/C31H32F2N2O5S/c1-18(2)29-28(31(40)34-21-6-4-3-5-7-21)27(20-11-13-41-17-20)30(19-8-9-24(32)25(33)14-19)35(29)12-10-22(36)15-23(37)16-26(38)39/h3-9,11,13-14,17-18,22-23,36-37H,10,12,15-16H2,1-2H3,(H,34,40)(H,38,39)/t22-,23-/m1/s1. The highest BCUT2D eigenvalue weighted by Gasteiger charge is 2.31. The molecule has 0 saturated heterocycles. The highest BCUT2D eigenvalue weighted by molar-refractivity contribution is 7.08. The van der Waals surface area contributed by atoms with Gasteiger partial charge in [0, 0.05) is 29.1 Å². The average molecular weight is 583 g/mol. The number of carboxylic acids is 1. The Labute approximate surface area is 240 Å². The molecule has 4 aromatic rings. The van der Waals surface area contributed by atoms with Gasteiger partial charge in [-0.25, -0.2) is 8.78 Å². The summed E-state index contributed by atoms with van der Waals surface area (Å²) in [6, 6.07) is 14.4. The van der Waals surface area contributed by atoms with Gasteiger partial charge < -0.3 is 25.2 Å². The number of carbonyl (C=O) groups is 2. The van der Waals surface area contributed by atoms with Crippen LogP contribution in [0.4, 0.5) is 14.5 Å². The molecule has 10 heteroatoms. The lowest BCUT2D eigenvalue weighted by Crippen LogP contribution is -2.22. The lowest BCUT2D eigenvalue weighted by Gasteiger charge is -2.20. The summed E-state index contributed by atoms with van der Waals surface area (Å²) >= 11 is 1.43. The topological polar surface area (TPSA) is 112 Å². The van der Waals surface area contributed by atoms with Crippen LogP contribution in [0, 0.1) is 11.6 Å². The fraction of sp³-hybridized carbons (Fsp3) is 0.290. The van der Waals surface area contributed by atoms with E-state index >= 15 is 0 Å². The second-order valence-electron chi connectivity index (χ2n) is 10.2. The molecule has 2 atom stereocenters. The molecule has 4 rings (SSSR count). The third-order valence-corrected chi connectivity index (χ3v) is 7.44. The summed E-state index contributed by atoms with van der Waals surface area (Å²) in [4.78, 5) is 24.9. The molecule has 2 aromatic heterocycles. The van der Waals surface area contributed by atoms with Crippen molar-refractivity contribution in [3.8, 4) is 22.4 Å². The van der Waals surface area contributed by atoms with Crippen LogP contribution >= 0.6 is 11.3 Å². The maximum absolute atomic E-state index is 14.6. The van der Waals surface area contributed by atoms with E-state index in [1.807, 2.05) is 41.3 Å². The number of para-hydroxylation sites is 1. The molecule has 2 heterocycles. The molecule has 41 heavy (non-hydrogen) atoms. The number of aliphatic hydroxyl groups is 2. The zero-order valence-corrected chi connectivity index (χ0v) is 23.5. The molecule has 0 aliphatic heterocycles. The molecule has 0 fully saturated rings. The van der Waals surface area contributed by atoms with Crippen molar-refractivity contribution in [3.63, 3.8) is 0 Å². The molecule has 0 bridgehead atoms. The predicted octanol–water partition coefficient (Wildman–Crippen LogP) is 6.51. The van der Waals surface area contributed by atoms with Crippen LogP contribution in [0.3, 0.4) is 0 Å². The number of rotatable bonds is 12. The highest BCUT2D eigenvalue weighted by Crippen LogP contribution is 2.43. The molecule has 0 saturated carbocycles. The number of aromatic nitrogens is 1. The van der Waals surface area contributed by atoms with Crippen molar-refractivity contribution in [1.29, 1.82) is 0 Å². The number of anilines is 1. The van der Waals surface area contributed by atoms with Gasteiger partial charge in [-0.15, -0.1) is 0 Å². The molecular weight excluding hydrogens is 550 g/mol. The zero-order chi connectivity index (χ0) is 29.7. The zero-order valence-electron chi connectivity index (χ0n) is 22.7. The fourth-order valence-corrected chi connectivity index (χ4v) is 5.69. The van der Waals surface area contributed by atoms with Gasteiger partial charge in [-0.05, 0) is 71.5 Å². The largest absolute Gasteiger partial charge is 0.481 e. The third-order valence-electron chi connectivity index (χ3n) is 6.75. The number of thiophene rings is 1. The van der Waals surface area contributed by atoms with Crippen molar-refractivity contribution in [1.82, 2.24) is 4.57 Å². The van der Waals surface area contributed by atoms with Gasteiger partial charge in [-0.1, -0.05) is 32.0 Å². The summed E-state index contributed by atoms with van der Waals surface area (Å²) in [6.45, 7) is 4.01. The quantitative estimate of drug-likeness (QED) is 0.152. The fourth-order valence-electron chi connectivity index (χ4n) is 5.04. The summed E-state index contributed by atoms with van der Waals surface area (Å²) in [7, 11) is 0. The van der Waals surface area contributed by atoms with E-state index in [0.717, 1.165) is 17.7 Å². The monoisotopic (exact) mass is 582 g/mol. The summed E-state index contributed by atoms with van der Waals surface area (Å²) in [5, 5.41) is 36.4. The molecule has 7 nitrogen and oxygen atoms in total. The molecule has 0 spiro atoms. The minimum Gasteiger partial charge on any atom is -0.481 e. The summed E-state index contributed by atoms with van der Waals surface area (Å²) in [5.74, 6) is -3.78. The van der Waals surface area contributed by atoms with E-state index in [9.17, 15) is 28.6 Å². The minimum atomic E-state index is -1.23. The van der Waals surface area contributed by atoms with Crippen molar-refractivity contribution in [2.24, 2.45) is 0 Å². The van der Waals surface area contributed by atoms with Crippen molar-refractivity contribution in [2.45, 2.75) is 57.8 Å². The first kappa shape index (κ1) is 30.1. The normalized spacial score (nSPS) is 12.9. The van der Waals surface area contributed by atoms with Crippen LogP contribution in [0.1, 0.15) is 55.1 Å². The van der Waals surface area contributed by atoms with Crippen LogP contribution in [-0.2, 0) is 11.3 Å². The Balaban J connectivity index is 1.89. The van der Waals surface area contributed by atoms with E-state index in [4.69, 9.17) is 5.11 Å². The first-order valence-electron chi connectivity index (χ1n) is 13.3. The number of aliphatic carboxylic acids is 1. The number of hydrogen-bond acceptors (Lipinski definition) is 5. The number of halogens is 2. The summed E-state index contributed by atoms with van der Waals surface area (Å²) in [5.41, 5.74) is 3.72. The van der Waals surface area contributed by atoms with Crippen LogP contribution in [0.2, 0.25) is 0 Å². The Bertz CT molecular complexity index is 1500. The maximum Gasteiger partial charge on any atom is 0.305 e. The third kappa shape index (κ3) is 7.08. The van der Waals surface area contributed by atoms with Crippen molar-refractivity contribution in [3.05, 3.63) is 88.2 Å². The number of amides is 1. The molecule has 1 amide bonds. The van der Waals surface area contributed by atoms with Gasteiger partial charge in [0.15, 0.2) is 11.6 Å². The first-order chi connectivity index (χ1) is 19.6. The maximum atomic E-state index is 14.6. The minimum absolute atomic E-state index is 0.116. The van der Waals surface area contributed by atoms with Gasteiger partial charge in [0.25, 0.3) is 5.91 Å². The molecular formula is C31H32F2N2O5S. The Hall–Kier alpha value is -3.86. The SMILES string of the molecule is CC(C)c1c(C(=O)Nc2ccccc2)c(-c2ccsc2)c(-c2ccc(F)c(F)c2)n1CC[C@@H](O)C[C@@H](O)CC(=O)O. The van der Waals surface area contributed by atoms with Crippen LogP contribution in [-0.4, -0.2) is 44.0 Å². The van der Waals surface area contributed by atoms with Gasteiger partial charge in [-0.2, -0.15) is 11.3 Å². The number of aliphatic hydroxyl groups excluding tert-OH is 2. The van der Waals surface area contributed by atoms with Gasteiger partial charge in [0.1, 0.15) is 0 Å². The number of benzene rings is 2. The lowest BCUT2D eigenvalue weighted by molar-refractivity contribution is -0.139. The number of carbonyl (C=O) groups excluding carboxylic acids is 1. The number of carboxylic acid groups (broad SMARTS) is 1. The summed E-state index contributed by atoms with van der Waals surface area (Å²) in [6.07, 6.45) is -2.80. The van der Waals surface area contributed by atoms with Gasteiger partial charge in [0.2, 0.25) is 0 Å². The Morgan fingerprint density at radius 2 is 1.71 bits per heavy atom. The summed E-state index contributed by atoms with van der Waals surface area (Å²) < 4.78 is 30.4. The second kappa shape index (κ2) is 13.2. The number of nitrogens with one attached hydrogen (secondary N) is 1. The van der Waals surface area contributed by atoms with E-state index in [2.05, 4.69) is 5.32 Å². The molecule has 0 unspecified atom stereocenters. The first-order valence-corrected chi connectivity index (χ1v) is 14.2.